The molecule has 0 radical (unpaired) electrons. The number of benzene rings is 2. The fourth-order valence-corrected chi connectivity index (χ4v) is 4.33. The van der Waals surface area contributed by atoms with Gasteiger partial charge >= 0.3 is 5.88 Å². The molecule has 11 heteroatoms. The first kappa shape index (κ1) is 22.0. The number of carbonyl (C=O) groups excluding carboxylic acids is 4. The van der Waals surface area contributed by atoms with Gasteiger partial charge in [0, 0.05) is 24.2 Å². The van der Waals surface area contributed by atoms with Crippen LogP contribution in [-0.4, -0.2) is 39.5 Å². The summed E-state index contributed by atoms with van der Waals surface area (Å²) in [5.41, 5.74) is 3.34. The number of imide groups is 1. The molecule has 0 aliphatic carbocycles. The maximum Gasteiger partial charge on any atom is 0.433 e. The average Bonchev–Trinajstić information content (AvgIpc) is 3.46. The van der Waals surface area contributed by atoms with Gasteiger partial charge in [0.1, 0.15) is 11.0 Å². The summed E-state index contributed by atoms with van der Waals surface area (Å²) in [5, 5.41) is 15.6. The molecule has 0 bridgehead atoms. The molecule has 2 aliphatic rings. The van der Waals surface area contributed by atoms with Gasteiger partial charge < -0.3 is 14.6 Å². The standard InChI is InChI=1S/C24H18N4O7/c29-20-10-8-18(22(30)26-20)27-12-17-15(2-1-3-16(17)24(27)32)13-4-6-14(7-5-13)25-23(31)19-9-11-21(35-19)28(33)34/h1-7,9,11,18H,8,10,12H2,(H,25,31)(H,26,29,30). The molecule has 2 N–H and O–H groups in total. The predicted molar refractivity (Wildman–Crippen MR) is 121 cm³/mol. The molecule has 3 aromatic rings. The number of nitrogens with zero attached hydrogens (tertiary/aromatic N) is 2. The average molecular weight is 474 g/mol. The Morgan fingerprint density at radius 3 is 2.49 bits per heavy atom. The van der Waals surface area contributed by atoms with E-state index < -0.39 is 28.7 Å². The fourth-order valence-electron chi connectivity index (χ4n) is 4.33. The van der Waals surface area contributed by atoms with Crippen molar-refractivity contribution in [1.82, 2.24) is 10.2 Å². The summed E-state index contributed by atoms with van der Waals surface area (Å²) in [6.07, 6.45) is 0.467. The molecule has 2 aliphatic heterocycles. The lowest BCUT2D eigenvalue weighted by Gasteiger charge is -2.29. The number of hydrogen-bond acceptors (Lipinski definition) is 7. The number of nitro groups is 1. The third kappa shape index (κ3) is 4.03. The first-order chi connectivity index (χ1) is 16.8. The third-order valence-electron chi connectivity index (χ3n) is 6.03. The Balaban J connectivity index is 1.35. The van der Waals surface area contributed by atoms with E-state index in [2.05, 4.69) is 10.6 Å². The summed E-state index contributed by atoms with van der Waals surface area (Å²) in [6.45, 7) is 0.242. The van der Waals surface area contributed by atoms with Crippen LogP contribution >= 0.6 is 0 Å². The smallest absolute Gasteiger partial charge is 0.395 e. The fraction of sp³-hybridized carbons (Fsp3) is 0.167. The number of rotatable bonds is 5. The molecule has 2 aromatic carbocycles. The zero-order valence-electron chi connectivity index (χ0n) is 18.1. The van der Waals surface area contributed by atoms with Crippen LogP contribution in [0.4, 0.5) is 11.6 Å². The second kappa shape index (κ2) is 8.52. The van der Waals surface area contributed by atoms with Crippen molar-refractivity contribution in [2.45, 2.75) is 25.4 Å². The highest BCUT2D eigenvalue weighted by Crippen LogP contribution is 2.35. The van der Waals surface area contributed by atoms with Gasteiger partial charge in [0.25, 0.3) is 11.8 Å². The summed E-state index contributed by atoms with van der Waals surface area (Å²) >= 11 is 0. The molecule has 35 heavy (non-hydrogen) atoms. The van der Waals surface area contributed by atoms with Gasteiger partial charge in [0.2, 0.25) is 11.8 Å². The minimum absolute atomic E-state index is 0.182. The van der Waals surface area contributed by atoms with Crippen molar-refractivity contribution < 1.29 is 28.5 Å². The lowest BCUT2D eigenvalue weighted by Crippen LogP contribution is -2.52. The van der Waals surface area contributed by atoms with Gasteiger partial charge in [0.15, 0.2) is 5.76 Å². The molecule has 0 saturated carbocycles. The highest BCUT2D eigenvalue weighted by Gasteiger charge is 2.39. The third-order valence-corrected chi connectivity index (χ3v) is 6.03. The van der Waals surface area contributed by atoms with Crippen molar-refractivity contribution >= 4 is 35.2 Å². The number of anilines is 1. The van der Waals surface area contributed by atoms with Crippen molar-refractivity contribution in [1.29, 1.82) is 0 Å². The van der Waals surface area contributed by atoms with E-state index in [1.807, 2.05) is 6.07 Å². The van der Waals surface area contributed by atoms with Crippen LogP contribution in [0.5, 0.6) is 0 Å². The summed E-state index contributed by atoms with van der Waals surface area (Å²) in [5.74, 6) is -2.40. The van der Waals surface area contributed by atoms with Crippen molar-refractivity contribution in [2.24, 2.45) is 0 Å². The van der Waals surface area contributed by atoms with Crippen molar-refractivity contribution in [3.8, 4) is 11.1 Å². The lowest BCUT2D eigenvalue weighted by molar-refractivity contribution is -0.402. The maximum atomic E-state index is 13.0. The predicted octanol–water partition coefficient (Wildman–Crippen LogP) is 2.87. The van der Waals surface area contributed by atoms with Gasteiger partial charge in [-0.1, -0.05) is 24.3 Å². The van der Waals surface area contributed by atoms with E-state index in [0.717, 1.165) is 22.8 Å². The molecule has 1 aromatic heterocycles. The minimum atomic E-state index is -0.726. The van der Waals surface area contributed by atoms with E-state index >= 15 is 0 Å². The SMILES string of the molecule is O=C1CCC(N2Cc3c(cccc3-c3ccc(NC(=O)c4ccc([N+](=O)[O-])o4)cc3)C2=O)C(=O)N1. The molecular weight excluding hydrogens is 456 g/mol. The van der Waals surface area contributed by atoms with E-state index in [1.54, 1.807) is 36.4 Å². The molecular formula is C24H18N4O7. The Bertz CT molecular complexity index is 1390. The molecule has 1 unspecified atom stereocenters. The molecule has 5 rings (SSSR count). The molecule has 4 amide bonds. The summed E-state index contributed by atoms with van der Waals surface area (Å²) in [6, 6.07) is 13.9. The van der Waals surface area contributed by atoms with Gasteiger partial charge in [-0.05, 0) is 47.4 Å². The Labute approximate surface area is 197 Å². The van der Waals surface area contributed by atoms with Gasteiger partial charge in [0.05, 0.1) is 6.07 Å². The van der Waals surface area contributed by atoms with Crippen LogP contribution in [0.3, 0.4) is 0 Å². The van der Waals surface area contributed by atoms with Crippen molar-refractivity contribution in [2.75, 3.05) is 5.32 Å². The van der Waals surface area contributed by atoms with Gasteiger partial charge in [-0.2, -0.15) is 0 Å². The Hall–Kier alpha value is -4.80. The lowest BCUT2D eigenvalue weighted by atomic mass is 9.97. The van der Waals surface area contributed by atoms with Crippen LogP contribution in [0.15, 0.2) is 59.0 Å². The Kier molecular flexibility index (Phi) is 5.36. The highest BCUT2D eigenvalue weighted by molar-refractivity contribution is 6.06. The Morgan fingerprint density at radius 2 is 1.80 bits per heavy atom. The van der Waals surface area contributed by atoms with Crippen LogP contribution in [0.2, 0.25) is 0 Å². The minimum Gasteiger partial charge on any atom is -0.395 e. The second-order valence-corrected chi connectivity index (χ2v) is 8.16. The zero-order valence-corrected chi connectivity index (χ0v) is 18.1. The number of piperidine rings is 1. The number of furan rings is 1. The second-order valence-electron chi connectivity index (χ2n) is 8.16. The quantitative estimate of drug-likeness (QED) is 0.328. The summed E-state index contributed by atoms with van der Waals surface area (Å²) in [4.78, 5) is 60.6. The van der Waals surface area contributed by atoms with Crippen molar-refractivity contribution in [3.05, 3.63) is 81.6 Å². The molecule has 1 fully saturated rings. The maximum absolute atomic E-state index is 13.0. The van der Waals surface area contributed by atoms with Gasteiger partial charge in [-0.15, -0.1) is 0 Å². The number of hydrogen-bond donors (Lipinski definition) is 2. The summed E-state index contributed by atoms with van der Waals surface area (Å²) in [7, 11) is 0. The monoisotopic (exact) mass is 474 g/mol. The molecule has 176 valence electrons. The zero-order chi connectivity index (χ0) is 24.7. The normalized spacial score (nSPS) is 17.2. The first-order valence-electron chi connectivity index (χ1n) is 10.7. The van der Waals surface area contributed by atoms with Crippen LogP contribution in [0, 0.1) is 10.1 Å². The van der Waals surface area contributed by atoms with Crippen LogP contribution in [0.1, 0.15) is 39.3 Å². The largest absolute Gasteiger partial charge is 0.433 e. The molecule has 11 nitrogen and oxygen atoms in total. The van der Waals surface area contributed by atoms with Crippen LogP contribution in [0.25, 0.3) is 11.1 Å². The van der Waals surface area contributed by atoms with Crippen molar-refractivity contribution in [3.63, 3.8) is 0 Å². The Morgan fingerprint density at radius 1 is 1.06 bits per heavy atom. The van der Waals surface area contributed by atoms with E-state index in [1.165, 1.54) is 11.0 Å². The molecule has 1 atom stereocenters. The van der Waals surface area contributed by atoms with Gasteiger partial charge in [-0.25, -0.2) is 0 Å². The molecule has 3 heterocycles. The van der Waals surface area contributed by atoms with Crippen LogP contribution < -0.4 is 10.6 Å². The topological polar surface area (TPSA) is 152 Å². The number of amides is 4. The van der Waals surface area contributed by atoms with E-state index in [4.69, 9.17) is 4.42 Å². The first-order valence-corrected chi connectivity index (χ1v) is 10.7. The number of nitrogens with one attached hydrogen (secondary N) is 2. The number of carbonyl (C=O) groups is 4. The van der Waals surface area contributed by atoms with E-state index in [0.29, 0.717) is 11.3 Å². The summed E-state index contributed by atoms with van der Waals surface area (Å²) < 4.78 is 4.91. The number of fused-ring (bicyclic) bond motifs is 1. The molecule has 1 saturated heterocycles. The van der Waals surface area contributed by atoms with Crippen LogP contribution in [-0.2, 0) is 16.1 Å². The van der Waals surface area contributed by atoms with Gasteiger partial charge in [-0.3, -0.25) is 34.6 Å². The molecule has 0 spiro atoms. The van der Waals surface area contributed by atoms with E-state index in [9.17, 15) is 29.3 Å². The van der Waals surface area contributed by atoms with E-state index in [-0.39, 0.29) is 37.0 Å². The highest BCUT2D eigenvalue weighted by atomic mass is 16.6.